The fourth-order valence-electron chi connectivity index (χ4n) is 2.45. The monoisotopic (exact) mass is 255 g/mol. The molecule has 4 nitrogen and oxygen atoms in total. The number of para-hydroxylation sites is 2. The van der Waals surface area contributed by atoms with Crippen LogP contribution in [0.15, 0.2) is 48.5 Å². The molecule has 0 bridgehead atoms. The van der Waals surface area contributed by atoms with E-state index in [1.807, 2.05) is 6.07 Å². The van der Waals surface area contributed by atoms with Crippen LogP contribution in [0.2, 0.25) is 0 Å². The third-order valence-corrected chi connectivity index (χ3v) is 3.39. The summed E-state index contributed by atoms with van der Waals surface area (Å²) < 4.78 is 5.25. The van der Waals surface area contributed by atoms with Crippen molar-refractivity contribution in [1.82, 2.24) is 0 Å². The van der Waals surface area contributed by atoms with Crippen LogP contribution in [0.4, 0.5) is 5.69 Å². The molecule has 1 aliphatic heterocycles. The van der Waals surface area contributed by atoms with E-state index in [0.717, 1.165) is 0 Å². The predicted molar refractivity (Wildman–Crippen MR) is 71.1 cm³/mol. The number of rotatable bonds is 2. The van der Waals surface area contributed by atoms with Crippen molar-refractivity contribution < 1.29 is 14.6 Å². The van der Waals surface area contributed by atoms with E-state index in [1.54, 1.807) is 42.5 Å². The first kappa shape index (κ1) is 11.7. The van der Waals surface area contributed by atoms with Crippen LogP contribution in [0, 0.1) is 0 Å². The van der Waals surface area contributed by atoms with Gasteiger partial charge in [-0.05, 0) is 12.1 Å². The second-order valence-corrected chi connectivity index (χ2v) is 4.41. The van der Waals surface area contributed by atoms with E-state index in [-0.39, 0.29) is 0 Å². The lowest BCUT2D eigenvalue weighted by molar-refractivity contribution is -0.129. The number of fused-ring (bicyclic) bond motifs is 1. The van der Waals surface area contributed by atoms with E-state index in [1.165, 1.54) is 7.11 Å². The van der Waals surface area contributed by atoms with Gasteiger partial charge < -0.3 is 15.2 Å². The molecule has 1 heterocycles. The van der Waals surface area contributed by atoms with Gasteiger partial charge in [-0.3, -0.25) is 4.79 Å². The van der Waals surface area contributed by atoms with Crippen molar-refractivity contribution in [3.8, 4) is 5.75 Å². The molecule has 0 aliphatic carbocycles. The molecule has 0 radical (unpaired) electrons. The van der Waals surface area contributed by atoms with Gasteiger partial charge in [0, 0.05) is 16.8 Å². The first-order chi connectivity index (χ1) is 9.17. The lowest BCUT2D eigenvalue weighted by Crippen LogP contribution is -2.35. The number of anilines is 1. The quantitative estimate of drug-likeness (QED) is 0.861. The Balaban J connectivity index is 2.26. The van der Waals surface area contributed by atoms with Crippen molar-refractivity contribution in [2.24, 2.45) is 0 Å². The number of benzene rings is 2. The second kappa shape index (κ2) is 4.10. The first-order valence-corrected chi connectivity index (χ1v) is 5.94. The van der Waals surface area contributed by atoms with Gasteiger partial charge in [0.25, 0.3) is 5.91 Å². The van der Waals surface area contributed by atoms with E-state index in [9.17, 15) is 9.90 Å². The number of hydrogen-bond acceptors (Lipinski definition) is 3. The molecule has 0 unspecified atom stereocenters. The summed E-state index contributed by atoms with van der Waals surface area (Å²) in [5.74, 6) is 0.0232. The highest BCUT2D eigenvalue weighted by Gasteiger charge is 2.48. The zero-order chi connectivity index (χ0) is 13.5. The minimum atomic E-state index is -1.71. The average Bonchev–Trinajstić information content (AvgIpc) is 2.72. The van der Waals surface area contributed by atoms with E-state index < -0.39 is 11.5 Å². The predicted octanol–water partition coefficient (Wildman–Crippen LogP) is 1.88. The summed E-state index contributed by atoms with van der Waals surface area (Å²) >= 11 is 0. The highest BCUT2D eigenvalue weighted by molar-refractivity contribution is 6.07. The number of ether oxygens (including phenoxy) is 1. The van der Waals surface area contributed by atoms with Gasteiger partial charge in [-0.15, -0.1) is 0 Å². The molecular weight excluding hydrogens is 242 g/mol. The minimum absolute atomic E-state index is 0.444. The van der Waals surface area contributed by atoms with Crippen molar-refractivity contribution in [3.05, 3.63) is 59.7 Å². The Morgan fingerprint density at radius 3 is 2.42 bits per heavy atom. The lowest BCUT2D eigenvalue weighted by Gasteiger charge is -2.23. The fraction of sp³-hybridized carbons (Fsp3) is 0.133. The molecule has 96 valence electrons. The zero-order valence-electron chi connectivity index (χ0n) is 10.4. The number of aliphatic hydroxyl groups is 1. The van der Waals surface area contributed by atoms with Gasteiger partial charge in [0.1, 0.15) is 5.75 Å². The Bertz CT molecular complexity index is 653. The summed E-state index contributed by atoms with van der Waals surface area (Å²) in [4.78, 5) is 12.2. The van der Waals surface area contributed by atoms with Gasteiger partial charge in [-0.25, -0.2) is 0 Å². The summed E-state index contributed by atoms with van der Waals surface area (Å²) in [5, 5.41) is 13.6. The Hall–Kier alpha value is -2.33. The molecule has 0 saturated heterocycles. The average molecular weight is 255 g/mol. The molecule has 0 spiro atoms. The number of carbonyl (C=O) groups excluding carboxylic acids is 1. The molecule has 1 atom stereocenters. The van der Waals surface area contributed by atoms with Crippen LogP contribution in [-0.4, -0.2) is 18.1 Å². The maximum Gasteiger partial charge on any atom is 0.266 e. The Morgan fingerprint density at radius 2 is 1.68 bits per heavy atom. The highest BCUT2D eigenvalue weighted by atomic mass is 16.5. The first-order valence-electron chi connectivity index (χ1n) is 5.94. The Labute approximate surface area is 110 Å². The third kappa shape index (κ3) is 1.54. The summed E-state index contributed by atoms with van der Waals surface area (Å²) in [7, 11) is 1.51. The summed E-state index contributed by atoms with van der Waals surface area (Å²) in [6.07, 6.45) is 0. The van der Waals surface area contributed by atoms with Gasteiger partial charge in [0.15, 0.2) is 5.60 Å². The molecule has 2 aromatic rings. The third-order valence-electron chi connectivity index (χ3n) is 3.39. The Kier molecular flexibility index (Phi) is 2.54. The van der Waals surface area contributed by atoms with Gasteiger partial charge in [-0.1, -0.05) is 36.4 Å². The number of amides is 1. The van der Waals surface area contributed by atoms with Gasteiger partial charge in [0.2, 0.25) is 0 Å². The van der Waals surface area contributed by atoms with Gasteiger partial charge >= 0.3 is 0 Å². The van der Waals surface area contributed by atoms with Gasteiger partial charge in [-0.2, -0.15) is 0 Å². The van der Waals surface area contributed by atoms with Crippen LogP contribution >= 0.6 is 0 Å². The molecule has 2 aromatic carbocycles. The van der Waals surface area contributed by atoms with Crippen molar-refractivity contribution in [2.45, 2.75) is 5.60 Å². The van der Waals surface area contributed by atoms with Crippen molar-refractivity contribution in [2.75, 3.05) is 12.4 Å². The standard InChI is InChI=1S/C15H13NO3/c1-19-13-9-5-3-7-11(13)15(18)10-6-2-4-8-12(10)16-14(15)17/h2-9,18H,1H3,(H,16,17)/t15-/m0/s1. The molecule has 1 amide bonds. The van der Waals surface area contributed by atoms with Crippen LogP contribution in [-0.2, 0) is 10.4 Å². The molecule has 3 rings (SSSR count). The number of nitrogens with one attached hydrogen (secondary N) is 1. The molecule has 0 fully saturated rings. The molecule has 19 heavy (non-hydrogen) atoms. The maximum absolute atomic E-state index is 12.2. The van der Waals surface area contributed by atoms with Crippen molar-refractivity contribution in [1.29, 1.82) is 0 Å². The zero-order valence-corrected chi connectivity index (χ0v) is 10.4. The van der Waals surface area contributed by atoms with Crippen LogP contribution in [0.1, 0.15) is 11.1 Å². The lowest BCUT2D eigenvalue weighted by atomic mass is 9.87. The topological polar surface area (TPSA) is 58.6 Å². The second-order valence-electron chi connectivity index (χ2n) is 4.41. The highest BCUT2D eigenvalue weighted by Crippen LogP contribution is 2.43. The van der Waals surface area contributed by atoms with Crippen LogP contribution in [0.5, 0.6) is 5.75 Å². The van der Waals surface area contributed by atoms with E-state index >= 15 is 0 Å². The SMILES string of the molecule is COc1ccccc1[C@]1(O)C(=O)Nc2ccccc21. The number of hydrogen-bond donors (Lipinski definition) is 2. The van der Waals surface area contributed by atoms with Crippen molar-refractivity contribution in [3.63, 3.8) is 0 Å². The van der Waals surface area contributed by atoms with E-state index in [2.05, 4.69) is 5.32 Å². The molecule has 0 saturated carbocycles. The fourth-order valence-corrected chi connectivity index (χ4v) is 2.45. The molecule has 4 heteroatoms. The van der Waals surface area contributed by atoms with Crippen LogP contribution in [0.25, 0.3) is 0 Å². The largest absolute Gasteiger partial charge is 0.496 e. The van der Waals surface area contributed by atoms with Crippen molar-refractivity contribution >= 4 is 11.6 Å². The molecule has 0 aromatic heterocycles. The molecular formula is C15H13NO3. The summed E-state index contributed by atoms with van der Waals surface area (Å²) in [6, 6.07) is 14.1. The van der Waals surface area contributed by atoms with E-state index in [0.29, 0.717) is 22.6 Å². The van der Waals surface area contributed by atoms with Crippen LogP contribution < -0.4 is 10.1 Å². The summed E-state index contributed by atoms with van der Waals surface area (Å²) in [6.45, 7) is 0. The smallest absolute Gasteiger partial charge is 0.266 e. The van der Waals surface area contributed by atoms with Gasteiger partial charge in [0.05, 0.1) is 7.11 Å². The van der Waals surface area contributed by atoms with E-state index in [4.69, 9.17) is 4.74 Å². The number of carbonyl (C=O) groups is 1. The van der Waals surface area contributed by atoms with Crippen LogP contribution in [0.3, 0.4) is 0 Å². The summed E-state index contributed by atoms with van der Waals surface area (Å²) in [5.41, 5.74) is -0.0891. The molecule has 1 aliphatic rings. The normalized spacial score (nSPS) is 20.8. The number of methoxy groups -OCH3 is 1. The Morgan fingerprint density at radius 1 is 1.05 bits per heavy atom. The minimum Gasteiger partial charge on any atom is -0.496 e. The maximum atomic E-state index is 12.2. The molecule has 2 N–H and O–H groups in total.